The van der Waals surface area contributed by atoms with Crippen LogP contribution in [-0.2, 0) is 17.9 Å². The summed E-state index contributed by atoms with van der Waals surface area (Å²) in [6.07, 6.45) is 9.39. The predicted octanol–water partition coefficient (Wildman–Crippen LogP) is 6.86. The molecule has 2 aliphatic rings. The molecule has 1 amide bonds. The number of aryl methyl sites for hydroxylation is 2. The minimum atomic E-state index is -0.0344. The highest BCUT2D eigenvalue weighted by molar-refractivity contribution is 6.30. The molecule has 3 heterocycles. The Labute approximate surface area is 238 Å². The van der Waals surface area contributed by atoms with Crippen LogP contribution in [0.5, 0.6) is 5.75 Å². The van der Waals surface area contributed by atoms with Crippen molar-refractivity contribution in [1.29, 1.82) is 0 Å². The van der Waals surface area contributed by atoms with Crippen molar-refractivity contribution >= 4 is 28.5 Å². The summed E-state index contributed by atoms with van der Waals surface area (Å²) >= 11 is 6.03. The number of rotatable bonds is 10. The van der Waals surface area contributed by atoms with Gasteiger partial charge in [-0.25, -0.2) is 4.98 Å². The lowest BCUT2D eigenvalue weighted by Gasteiger charge is -2.39. The fraction of sp³-hybridized carbons (Fsp3) is 0.562. The summed E-state index contributed by atoms with van der Waals surface area (Å²) in [6.45, 7) is 9.77. The number of benzene rings is 2. The second-order valence-electron chi connectivity index (χ2n) is 11.4. The van der Waals surface area contributed by atoms with Crippen LogP contribution in [0.2, 0.25) is 5.02 Å². The number of imidazole rings is 1. The molecule has 2 atom stereocenters. The first-order chi connectivity index (χ1) is 19.0. The van der Waals surface area contributed by atoms with E-state index in [-0.39, 0.29) is 5.92 Å². The van der Waals surface area contributed by atoms with Gasteiger partial charge in [0.1, 0.15) is 18.2 Å². The summed E-state index contributed by atoms with van der Waals surface area (Å²) in [5, 5.41) is 0.686. The molecule has 2 fully saturated rings. The van der Waals surface area contributed by atoms with Crippen molar-refractivity contribution in [2.24, 2.45) is 5.92 Å². The van der Waals surface area contributed by atoms with Gasteiger partial charge in [-0.2, -0.15) is 0 Å². The minimum Gasteiger partial charge on any atom is -0.486 e. The van der Waals surface area contributed by atoms with Gasteiger partial charge in [-0.1, -0.05) is 37.1 Å². The average molecular weight is 551 g/mol. The van der Waals surface area contributed by atoms with E-state index in [1.54, 1.807) is 0 Å². The number of carbonyl (C=O) groups excluding carboxylic acids is 1. The van der Waals surface area contributed by atoms with Crippen LogP contribution in [0, 0.1) is 12.8 Å². The number of ether oxygens (including phenoxy) is 1. The van der Waals surface area contributed by atoms with E-state index in [0.29, 0.717) is 23.6 Å². The van der Waals surface area contributed by atoms with Gasteiger partial charge < -0.3 is 19.1 Å². The summed E-state index contributed by atoms with van der Waals surface area (Å²) in [7, 11) is 0. The molecule has 1 aromatic heterocycles. The fourth-order valence-electron chi connectivity index (χ4n) is 6.21. The van der Waals surface area contributed by atoms with E-state index in [0.717, 1.165) is 73.5 Å². The summed E-state index contributed by atoms with van der Waals surface area (Å²) in [6, 6.07) is 14.1. The van der Waals surface area contributed by atoms with E-state index in [1.807, 2.05) is 24.3 Å². The molecule has 0 N–H and O–H groups in total. The van der Waals surface area contributed by atoms with Gasteiger partial charge in [0, 0.05) is 36.6 Å². The van der Waals surface area contributed by atoms with Gasteiger partial charge in [0.25, 0.3) is 0 Å². The molecule has 6 nitrogen and oxygen atoms in total. The third-order valence-corrected chi connectivity index (χ3v) is 8.84. The fourth-order valence-corrected chi connectivity index (χ4v) is 6.33. The molecular weight excluding hydrogens is 508 g/mol. The van der Waals surface area contributed by atoms with Crippen molar-refractivity contribution in [3.05, 3.63) is 58.9 Å². The molecule has 39 heavy (non-hydrogen) atoms. The molecule has 2 unspecified atom stereocenters. The molecule has 0 spiro atoms. The maximum absolute atomic E-state index is 13.7. The summed E-state index contributed by atoms with van der Waals surface area (Å²) < 4.78 is 8.32. The number of carbonyl (C=O) groups is 1. The molecule has 2 saturated heterocycles. The van der Waals surface area contributed by atoms with Gasteiger partial charge in [-0.05, 0) is 101 Å². The number of halogens is 1. The highest BCUT2D eigenvalue weighted by Crippen LogP contribution is 2.26. The zero-order chi connectivity index (χ0) is 27.2. The molecule has 0 radical (unpaired) electrons. The molecule has 2 aromatic carbocycles. The Morgan fingerprint density at radius 2 is 1.79 bits per heavy atom. The van der Waals surface area contributed by atoms with Crippen LogP contribution in [0.4, 0.5) is 0 Å². The van der Waals surface area contributed by atoms with Crippen molar-refractivity contribution in [3.8, 4) is 5.75 Å². The maximum atomic E-state index is 13.7. The van der Waals surface area contributed by atoms with Crippen LogP contribution in [-0.4, -0.2) is 57.5 Å². The zero-order valence-electron chi connectivity index (χ0n) is 23.6. The van der Waals surface area contributed by atoms with Crippen LogP contribution in [0.15, 0.2) is 42.5 Å². The molecule has 0 aliphatic carbocycles. The number of aromatic nitrogens is 2. The van der Waals surface area contributed by atoms with E-state index >= 15 is 0 Å². The monoisotopic (exact) mass is 550 g/mol. The first-order valence-corrected chi connectivity index (χ1v) is 15.2. The number of fused-ring (bicyclic) bond motifs is 1. The Kier molecular flexibility index (Phi) is 9.46. The standard InChI is InChI=1S/C32H43ClN4O2/c1-24-9-8-11-29-31(24)34-30(23-39-28-14-12-26(33)13-15-28)37(29)22-16-25(2)32(38)36-20-7-4-10-27(36)17-21-35-18-5-3-6-19-35/h8-9,11-15,25,27H,3-7,10,16-23H2,1-2H3. The number of likely N-dealkylation sites (tertiary alicyclic amines) is 2. The quantitative estimate of drug-likeness (QED) is 0.277. The molecule has 5 rings (SSSR count). The molecule has 2 aliphatic heterocycles. The summed E-state index contributed by atoms with van der Waals surface area (Å²) in [5.74, 6) is 1.93. The lowest BCUT2D eigenvalue weighted by Crippen LogP contribution is -2.47. The van der Waals surface area contributed by atoms with Crippen molar-refractivity contribution < 1.29 is 9.53 Å². The van der Waals surface area contributed by atoms with E-state index < -0.39 is 0 Å². The Balaban J connectivity index is 1.24. The SMILES string of the molecule is Cc1cccc2c1nc(COc1ccc(Cl)cc1)n2CCC(C)C(=O)N1CCCCC1CCN1CCCCC1. The number of nitrogens with zero attached hydrogens (tertiary/aromatic N) is 4. The van der Waals surface area contributed by atoms with E-state index in [9.17, 15) is 4.79 Å². The Hall–Kier alpha value is -2.57. The lowest BCUT2D eigenvalue weighted by molar-refractivity contribution is -0.139. The second kappa shape index (κ2) is 13.2. The van der Waals surface area contributed by atoms with Gasteiger partial charge in [0.05, 0.1) is 11.0 Å². The maximum Gasteiger partial charge on any atom is 0.225 e. The van der Waals surface area contributed by atoms with Crippen LogP contribution < -0.4 is 4.74 Å². The van der Waals surface area contributed by atoms with Crippen molar-refractivity contribution in [3.63, 3.8) is 0 Å². The predicted molar refractivity (Wildman–Crippen MR) is 158 cm³/mol. The van der Waals surface area contributed by atoms with Gasteiger partial charge in [0.2, 0.25) is 5.91 Å². The summed E-state index contributed by atoms with van der Waals surface area (Å²) in [5.41, 5.74) is 3.25. The third kappa shape index (κ3) is 6.96. The zero-order valence-corrected chi connectivity index (χ0v) is 24.3. The van der Waals surface area contributed by atoms with E-state index in [2.05, 4.69) is 46.4 Å². The highest BCUT2D eigenvalue weighted by atomic mass is 35.5. The first kappa shape index (κ1) is 28.0. The molecule has 0 bridgehead atoms. The van der Waals surface area contributed by atoms with Crippen molar-refractivity contribution in [2.45, 2.75) is 84.4 Å². The Bertz CT molecular complexity index is 1230. The van der Waals surface area contributed by atoms with Crippen LogP contribution in [0.25, 0.3) is 11.0 Å². The average Bonchev–Trinajstić information content (AvgIpc) is 3.33. The Morgan fingerprint density at radius 1 is 1.03 bits per heavy atom. The number of hydrogen-bond acceptors (Lipinski definition) is 4. The third-order valence-electron chi connectivity index (χ3n) is 8.59. The molecular formula is C32H43ClN4O2. The molecule has 210 valence electrons. The number of piperidine rings is 2. The van der Waals surface area contributed by atoms with Crippen LogP contribution in [0.3, 0.4) is 0 Å². The van der Waals surface area contributed by atoms with Gasteiger partial charge in [-0.15, -0.1) is 0 Å². The second-order valence-corrected chi connectivity index (χ2v) is 11.9. The molecule has 7 heteroatoms. The smallest absolute Gasteiger partial charge is 0.225 e. The van der Waals surface area contributed by atoms with Crippen molar-refractivity contribution in [2.75, 3.05) is 26.2 Å². The Morgan fingerprint density at radius 3 is 2.59 bits per heavy atom. The van der Waals surface area contributed by atoms with Crippen LogP contribution in [0.1, 0.15) is 69.7 Å². The first-order valence-electron chi connectivity index (χ1n) is 14.9. The van der Waals surface area contributed by atoms with E-state index in [4.69, 9.17) is 21.3 Å². The number of amides is 1. The number of hydrogen-bond donors (Lipinski definition) is 0. The van der Waals surface area contributed by atoms with Gasteiger partial charge >= 0.3 is 0 Å². The topological polar surface area (TPSA) is 50.6 Å². The minimum absolute atomic E-state index is 0.0344. The lowest BCUT2D eigenvalue weighted by atomic mass is 9.95. The molecule has 3 aromatic rings. The molecule has 0 saturated carbocycles. The van der Waals surface area contributed by atoms with Gasteiger partial charge in [-0.3, -0.25) is 4.79 Å². The van der Waals surface area contributed by atoms with Gasteiger partial charge in [0.15, 0.2) is 0 Å². The summed E-state index contributed by atoms with van der Waals surface area (Å²) in [4.78, 5) is 23.5. The largest absolute Gasteiger partial charge is 0.486 e. The van der Waals surface area contributed by atoms with Crippen LogP contribution >= 0.6 is 11.6 Å². The normalized spacial score (nSPS) is 19.4. The van der Waals surface area contributed by atoms with Crippen molar-refractivity contribution in [1.82, 2.24) is 19.4 Å². The highest BCUT2D eigenvalue weighted by Gasteiger charge is 2.30. The van der Waals surface area contributed by atoms with E-state index in [1.165, 1.54) is 38.8 Å². The number of para-hydroxylation sites is 1.